The summed E-state index contributed by atoms with van der Waals surface area (Å²) in [6.45, 7) is 5.70. The molecule has 0 atom stereocenters. The average molecular weight is 318 g/mol. The molecule has 2 fully saturated rings. The standard InChI is InChI=1S/C18H26N2O3/c1-19-6-8-20(9-7-19)16-2-3-17(18(21)22)15(13-16)12-14-4-10-23-11-5-14/h2-3,13-14H,4-12H2,1H3,(H,21,22). The van der Waals surface area contributed by atoms with Crippen molar-refractivity contribution in [1.29, 1.82) is 0 Å². The molecule has 0 aliphatic carbocycles. The molecule has 2 heterocycles. The van der Waals surface area contributed by atoms with Crippen LogP contribution in [0.5, 0.6) is 0 Å². The molecular weight excluding hydrogens is 292 g/mol. The SMILES string of the molecule is CN1CCN(c2ccc(C(=O)O)c(CC3CCOCC3)c2)CC1. The fourth-order valence-corrected chi connectivity index (χ4v) is 3.48. The Morgan fingerprint density at radius 2 is 1.91 bits per heavy atom. The van der Waals surface area contributed by atoms with Crippen LogP contribution in [0.1, 0.15) is 28.8 Å². The molecule has 23 heavy (non-hydrogen) atoms. The molecule has 0 unspecified atom stereocenters. The number of rotatable bonds is 4. The van der Waals surface area contributed by atoms with Crippen molar-refractivity contribution in [3.63, 3.8) is 0 Å². The van der Waals surface area contributed by atoms with Crippen molar-refractivity contribution in [2.75, 3.05) is 51.3 Å². The first-order valence-electron chi connectivity index (χ1n) is 8.51. The highest BCUT2D eigenvalue weighted by atomic mass is 16.5. The minimum absolute atomic E-state index is 0.453. The first-order chi connectivity index (χ1) is 11.1. The summed E-state index contributed by atoms with van der Waals surface area (Å²) in [5.74, 6) is -0.290. The van der Waals surface area contributed by atoms with Crippen molar-refractivity contribution in [3.8, 4) is 0 Å². The molecule has 0 radical (unpaired) electrons. The minimum atomic E-state index is -0.822. The van der Waals surface area contributed by atoms with Crippen LogP contribution in [-0.2, 0) is 11.2 Å². The van der Waals surface area contributed by atoms with Crippen LogP contribution in [0.25, 0.3) is 0 Å². The Kier molecular flexibility index (Phi) is 5.18. The van der Waals surface area contributed by atoms with Gasteiger partial charge in [-0.2, -0.15) is 0 Å². The maximum atomic E-state index is 11.5. The Balaban J connectivity index is 1.79. The van der Waals surface area contributed by atoms with Gasteiger partial charge >= 0.3 is 5.97 Å². The van der Waals surface area contributed by atoms with Crippen molar-refractivity contribution in [2.45, 2.75) is 19.3 Å². The lowest BCUT2D eigenvalue weighted by atomic mass is 9.90. The molecular formula is C18H26N2O3. The van der Waals surface area contributed by atoms with Crippen molar-refractivity contribution >= 4 is 11.7 Å². The number of ether oxygens (including phenoxy) is 1. The van der Waals surface area contributed by atoms with E-state index >= 15 is 0 Å². The van der Waals surface area contributed by atoms with Crippen LogP contribution in [0.2, 0.25) is 0 Å². The monoisotopic (exact) mass is 318 g/mol. The van der Waals surface area contributed by atoms with E-state index in [0.717, 1.165) is 69.9 Å². The summed E-state index contributed by atoms with van der Waals surface area (Å²) >= 11 is 0. The molecule has 126 valence electrons. The Labute approximate surface area is 137 Å². The Morgan fingerprint density at radius 3 is 2.57 bits per heavy atom. The van der Waals surface area contributed by atoms with E-state index in [2.05, 4.69) is 22.9 Å². The van der Waals surface area contributed by atoms with E-state index in [0.29, 0.717) is 11.5 Å². The number of likely N-dealkylation sites (N-methyl/N-ethyl adjacent to an activating group) is 1. The highest BCUT2D eigenvalue weighted by Crippen LogP contribution is 2.26. The van der Waals surface area contributed by atoms with Gasteiger partial charge in [-0.25, -0.2) is 4.79 Å². The number of nitrogens with zero attached hydrogens (tertiary/aromatic N) is 2. The highest BCUT2D eigenvalue weighted by Gasteiger charge is 2.21. The fraction of sp³-hybridized carbons (Fsp3) is 0.611. The second kappa shape index (κ2) is 7.32. The molecule has 2 aliphatic rings. The molecule has 2 saturated heterocycles. The van der Waals surface area contributed by atoms with Gasteiger partial charge < -0.3 is 19.6 Å². The second-order valence-corrected chi connectivity index (χ2v) is 6.70. The predicted octanol–water partition coefficient (Wildman–Crippen LogP) is 2.11. The molecule has 0 bridgehead atoms. The lowest BCUT2D eigenvalue weighted by Crippen LogP contribution is -2.44. The minimum Gasteiger partial charge on any atom is -0.478 e. The van der Waals surface area contributed by atoms with E-state index in [1.165, 1.54) is 0 Å². The first-order valence-corrected chi connectivity index (χ1v) is 8.51. The lowest BCUT2D eigenvalue weighted by molar-refractivity contribution is 0.0656. The van der Waals surface area contributed by atoms with Crippen LogP contribution in [0.15, 0.2) is 18.2 Å². The van der Waals surface area contributed by atoms with Crippen molar-refractivity contribution in [3.05, 3.63) is 29.3 Å². The third-order valence-corrected chi connectivity index (χ3v) is 5.04. The van der Waals surface area contributed by atoms with Gasteiger partial charge in [0.1, 0.15) is 0 Å². The number of anilines is 1. The summed E-state index contributed by atoms with van der Waals surface area (Å²) in [6.07, 6.45) is 2.89. The summed E-state index contributed by atoms with van der Waals surface area (Å²) < 4.78 is 5.41. The van der Waals surface area contributed by atoms with Crippen molar-refractivity contribution < 1.29 is 14.6 Å². The van der Waals surface area contributed by atoms with E-state index in [-0.39, 0.29) is 0 Å². The van der Waals surface area contributed by atoms with Crippen LogP contribution in [0, 0.1) is 5.92 Å². The molecule has 0 spiro atoms. The van der Waals surface area contributed by atoms with Gasteiger partial charge in [-0.05, 0) is 56.0 Å². The molecule has 1 aromatic rings. The summed E-state index contributed by atoms with van der Waals surface area (Å²) in [6, 6.07) is 5.84. The third kappa shape index (κ3) is 4.03. The maximum absolute atomic E-state index is 11.5. The van der Waals surface area contributed by atoms with Crippen LogP contribution < -0.4 is 4.90 Å². The van der Waals surface area contributed by atoms with E-state index < -0.39 is 5.97 Å². The Hall–Kier alpha value is -1.59. The van der Waals surface area contributed by atoms with Crippen molar-refractivity contribution in [2.24, 2.45) is 5.92 Å². The number of aromatic carboxylic acids is 1. The number of carboxylic acid groups (broad SMARTS) is 1. The quantitative estimate of drug-likeness (QED) is 0.921. The van der Waals surface area contributed by atoms with Crippen LogP contribution in [-0.4, -0.2) is 62.4 Å². The van der Waals surface area contributed by atoms with E-state index in [1.807, 2.05) is 6.07 Å². The van der Waals surface area contributed by atoms with E-state index in [4.69, 9.17) is 4.74 Å². The smallest absolute Gasteiger partial charge is 0.335 e. The van der Waals surface area contributed by atoms with Crippen LogP contribution >= 0.6 is 0 Å². The lowest BCUT2D eigenvalue weighted by Gasteiger charge is -2.34. The summed E-state index contributed by atoms with van der Waals surface area (Å²) in [7, 11) is 2.14. The van der Waals surface area contributed by atoms with Gasteiger partial charge in [-0.3, -0.25) is 0 Å². The maximum Gasteiger partial charge on any atom is 0.335 e. The molecule has 0 aromatic heterocycles. The molecule has 3 rings (SSSR count). The number of hydrogen-bond donors (Lipinski definition) is 1. The zero-order valence-corrected chi connectivity index (χ0v) is 13.8. The average Bonchev–Trinajstić information content (AvgIpc) is 2.56. The van der Waals surface area contributed by atoms with E-state index in [1.54, 1.807) is 6.07 Å². The molecule has 0 saturated carbocycles. The van der Waals surface area contributed by atoms with Gasteiger partial charge in [0, 0.05) is 45.1 Å². The fourth-order valence-electron chi connectivity index (χ4n) is 3.48. The first kappa shape index (κ1) is 16.3. The highest BCUT2D eigenvalue weighted by molar-refractivity contribution is 5.90. The van der Waals surface area contributed by atoms with Gasteiger partial charge in [-0.15, -0.1) is 0 Å². The number of carboxylic acids is 1. The van der Waals surface area contributed by atoms with Crippen LogP contribution in [0.3, 0.4) is 0 Å². The predicted molar refractivity (Wildman–Crippen MR) is 90.4 cm³/mol. The Morgan fingerprint density at radius 1 is 1.22 bits per heavy atom. The topological polar surface area (TPSA) is 53.0 Å². The molecule has 0 amide bonds. The number of carbonyl (C=O) groups is 1. The zero-order valence-electron chi connectivity index (χ0n) is 13.8. The Bertz CT molecular complexity index is 547. The molecule has 5 heteroatoms. The largest absolute Gasteiger partial charge is 0.478 e. The molecule has 2 aliphatic heterocycles. The summed E-state index contributed by atoms with van der Waals surface area (Å²) in [4.78, 5) is 16.2. The number of benzene rings is 1. The number of hydrogen-bond acceptors (Lipinski definition) is 4. The van der Waals surface area contributed by atoms with Gasteiger partial charge in [0.25, 0.3) is 0 Å². The molecule has 1 aromatic carbocycles. The third-order valence-electron chi connectivity index (χ3n) is 5.04. The summed E-state index contributed by atoms with van der Waals surface area (Å²) in [5, 5.41) is 9.49. The number of piperazine rings is 1. The molecule has 5 nitrogen and oxygen atoms in total. The summed E-state index contributed by atoms with van der Waals surface area (Å²) in [5.41, 5.74) is 2.58. The van der Waals surface area contributed by atoms with Crippen LogP contribution in [0.4, 0.5) is 5.69 Å². The molecule has 1 N–H and O–H groups in total. The zero-order chi connectivity index (χ0) is 16.2. The van der Waals surface area contributed by atoms with Gasteiger partial charge in [0.15, 0.2) is 0 Å². The van der Waals surface area contributed by atoms with E-state index in [9.17, 15) is 9.90 Å². The van der Waals surface area contributed by atoms with Gasteiger partial charge in [-0.1, -0.05) is 0 Å². The van der Waals surface area contributed by atoms with Gasteiger partial charge in [0.05, 0.1) is 5.56 Å². The normalized spacial score (nSPS) is 20.7. The second-order valence-electron chi connectivity index (χ2n) is 6.70. The van der Waals surface area contributed by atoms with Gasteiger partial charge in [0.2, 0.25) is 0 Å². The van der Waals surface area contributed by atoms with Crippen molar-refractivity contribution in [1.82, 2.24) is 4.90 Å².